The maximum atomic E-state index is 9.00. The highest BCUT2D eigenvalue weighted by molar-refractivity contribution is 5.54. The fraction of sp³-hybridized carbons (Fsp3) is 0.600. The summed E-state index contributed by atoms with van der Waals surface area (Å²) in [5, 5.41) is 9.00. The van der Waals surface area contributed by atoms with E-state index in [1.807, 2.05) is 7.05 Å². The zero-order chi connectivity index (χ0) is 13.7. The summed E-state index contributed by atoms with van der Waals surface area (Å²) >= 11 is 0. The van der Waals surface area contributed by atoms with Crippen molar-refractivity contribution in [2.75, 3.05) is 38.2 Å². The van der Waals surface area contributed by atoms with E-state index in [2.05, 4.69) is 34.1 Å². The molecule has 0 bridgehead atoms. The summed E-state index contributed by atoms with van der Waals surface area (Å²) in [4.78, 5) is 4.58. The second-order valence-corrected chi connectivity index (χ2v) is 5.41. The van der Waals surface area contributed by atoms with Gasteiger partial charge in [-0.2, -0.15) is 0 Å². The van der Waals surface area contributed by atoms with E-state index in [1.54, 1.807) is 0 Å². The summed E-state index contributed by atoms with van der Waals surface area (Å²) in [6, 6.07) is 8.91. The normalized spacial score (nSPS) is 17.2. The summed E-state index contributed by atoms with van der Waals surface area (Å²) in [5.74, 6) is 0. The first-order valence-electron chi connectivity index (χ1n) is 7.08. The van der Waals surface area contributed by atoms with Crippen LogP contribution in [0.3, 0.4) is 0 Å². The molecule has 0 saturated carbocycles. The van der Waals surface area contributed by atoms with Crippen molar-refractivity contribution in [2.24, 2.45) is 5.73 Å². The van der Waals surface area contributed by atoms with Crippen LogP contribution in [-0.4, -0.2) is 49.3 Å². The standard InChI is InChI=1S/C15H25N3O/c1-17(10-11-19)12-13-4-2-3-5-15(13)18-8-6-14(16)7-9-18/h2-5,14,19H,6-12,16H2,1H3. The Morgan fingerprint density at radius 3 is 2.68 bits per heavy atom. The molecule has 1 fully saturated rings. The first-order valence-corrected chi connectivity index (χ1v) is 7.08. The third-order valence-corrected chi connectivity index (χ3v) is 3.79. The second-order valence-electron chi connectivity index (χ2n) is 5.41. The van der Waals surface area contributed by atoms with Crippen LogP contribution in [0.5, 0.6) is 0 Å². The highest BCUT2D eigenvalue weighted by atomic mass is 16.3. The summed E-state index contributed by atoms with van der Waals surface area (Å²) in [7, 11) is 2.04. The molecule has 2 rings (SSSR count). The average Bonchev–Trinajstić information content (AvgIpc) is 2.41. The molecule has 0 unspecified atom stereocenters. The molecule has 106 valence electrons. The molecule has 4 heteroatoms. The molecule has 0 amide bonds. The lowest BCUT2D eigenvalue weighted by Gasteiger charge is -2.34. The van der Waals surface area contributed by atoms with Crippen molar-refractivity contribution in [3.63, 3.8) is 0 Å². The Kier molecular flexibility index (Phi) is 5.19. The highest BCUT2D eigenvalue weighted by Gasteiger charge is 2.18. The lowest BCUT2D eigenvalue weighted by Crippen LogP contribution is -2.40. The number of nitrogens with zero attached hydrogens (tertiary/aromatic N) is 2. The van der Waals surface area contributed by atoms with Crippen molar-refractivity contribution in [2.45, 2.75) is 25.4 Å². The van der Waals surface area contributed by atoms with Gasteiger partial charge in [-0.15, -0.1) is 0 Å². The summed E-state index contributed by atoms with van der Waals surface area (Å²) < 4.78 is 0. The predicted molar refractivity (Wildman–Crippen MR) is 79.3 cm³/mol. The monoisotopic (exact) mass is 263 g/mol. The molecule has 0 aliphatic carbocycles. The molecule has 1 aliphatic rings. The highest BCUT2D eigenvalue weighted by Crippen LogP contribution is 2.24. The number of likely N-dealkylation sites (N-methyl/N-ethyl adjacent to an activating group) is 1. The SMILES string of the molecule is CN(CCO)Cc1ccccc1N1CCC(N)CC1. The van der Waals surface area contributed by atoms with E-state index in [1.165, 1.54) is 11.3 Å². The van der Waals surface area contributed by atoms with Crippen molar-refractivity contribution >= 4 is 5.69 Å². The molecule has 0 aromatic heterocycles. The van der Waals surface area contributed by atoms with Crippen LogP contribution in [0, 0.1) is 0 Å². The number of para-hydroxylation sites is 1. The Morgan fingerprint density at radius 2 is 2.00 bits per heavy atom. The topological polar surface area (TPSA) is 52.7 Å². The van der Waals surface area contributed by atoms with E-state index in [4.69, 9.17) is 10.8 Å². The minimum Gasteiger partial charge on any atom is -0.395 e. The Hall–Kier alpha value is -1.10. The second kappa shape index (κ2) is 6.89. The van der Waals surface area contributed by atoms with Crippen molar-refractivity contribution in [1.82, 2.24) is 4.90 Å². The fourth-order valence-electron chi connectivity index (χ4n) is 2.63. The summed E-state index contributed by atoms with van der Waals surface area (Å²) in [6.07, 6.45) is 2.14. The molecule has 1 aromatic carbocycles. The zero-order valence-corrected chi connectivity index (χ0v) is 11.8. The molecule has 4 nitrogen and oxygen atoms in total. The molecule has 1 heterocycles. The van der Waals surface area contributed by atoms with Gasteiger partial charge in [0.05, 0.1) is 6.61 Å². The number of nitrogens with two attached hydrogens (primary N) is 1. The molecule has 1 aromatic rings. The number of rotatable bonds is 5. The fourth-order valence-corrected chi connectivity index (χ4v) is 2.63. The van der Waals surface area contributed by atoms with E-state index in [9.17, 15) is 0 Å². The lowest BCUT2D eigenvalue weighted by atomic mass is 10.0. The van der Waals surface area contributed by atoms with Crippen LogP contribution in [0.1, 0.15) is 18.4 Å². The van der Waals surface area contributed by atoms with Crippen LogP contribution >= 0.6 is 0 Å². The molecule has 1 aliphatic heterocycles. The van der Waals surface area contributed by atoms with Crippen LogP contribution in [0.25, 0.3) is 0 Å². The number of piperidine rings is 1. The van der Waals surface area contributed by atoms with Gasteiger partial charge >= 0.3 is 0 Å². The Bertz CT molecular complexity index is 389. The Balaban J connectivity index is 2.07. The van der Waals surface area contributed by atoms with Crippen LogP contribution < -0.4 is 10.6 Å². The van der Waals surface area contributed by atoms with Crippen molar-refractivity contribution in [1.29, 1.82) is 0 Å². The molecule has 19 heavy (non-hydrogen) atoms. The summed E-state index contributed by atoms with van der Waals surface area (Å²) in [6.45, 7) is 3.87. The van der Waals surface area contributed by atoms with Gasteiger partial charge in [0.25, 0.3) is 0 Å². The van der Waals surface area contributed by atoms with Crippen LogP contribution in [0.2, 0.25) is 0 Å². The minimum absolute atomic E-state index is 0.206. The van der Waals surface area contributed by atoms with E-state index < -0.39 is 0 Å². The molecule has 1 saturated heterocycles. The molecule has 3 N–H and O–H groups in total. The van der Waals surface area contributed by atoms with Crippen molar-refractivity contribution in [3.8, 4) is 0 Å². The van der Waals surface area contributed by atoms with E-state index in [0.29, 0.717) is 12.6 Å². The summed E-state index contributed by atoms with van der Waals surface area (Å²) in [5.41, 5.74) is 8.62. The molecule has 0 atom stereocenters. The van der Waals surface area contributed by atoms with Crippen LogP contribution in [0.15, 0.2) is 24.3 Å². The average molecular weight is 263 g/mol. The third kappa shape index (κ3) is 3.93. The smallest absolute Gasteiger partial charge is 0.0558 e. The quantitative estimate of drug-likeness (QED) is 0.833. The minimum atomic E-state index is 0.206. The number of hydrogen-bond acceptors (Lipinski definition) is 4. The van der Waals surface area contributed by atoms with E-state index >= 15 is 0 Å². The Labute approximate surface area is 115 Å². The van der Waals surface area contributed by atoms with Crippen LogP contribution in [0.4, 0.5) is 5.69 Å². The third-order valence-electron chi connectivity index (χ3n) is 3.79. The van der Waals surface area contributed by atoms with Gasteiger partial charge in [0, 0.05) is 37.9 Å². The lowest BCUT2D eigenvalue weighted by molar-refractivity contribution is 0.217. The first-order chi connectivity index (χ1) is 9.20. The number of aliphatic hydroxyl groups is 1. The van der Waals surface area contributed by atoms with Gasteiger partial charge < -0.3 is 15.7 Å². The van der Waals surface area contributed by atoms with Crippen LogP contribution in [-0.2, 0) is 6.54 Å². The molecule has 0 radical (unpaired) electrons. The number of benzene rings is 1. The van der Waals surface area contributed by atoms with E-state index in [-0.39, 0.29) is 6.61 Å². The maximum absolute atomic E-state index is 9.00. The number of aliphatic hydroxyl groups excluding tert-OH is 1. The van der Waals surface area contributed by atoms with E-state index in [0.717, 1.165) is 32.5 Å². The molecular formula is C15H25N3O. The largest absolute Gasteiger partial charge is 0.395 e. The van der Waals surface area contributed by atoms with Crippen molar-refractivity contribution in [3.05, 3.63) is 29.8 Å². The predicted octanol–water partition coefficient (Wildman–Crippen LogP) is 1.04. The molecular weight excluding hydrogens is 238 g/mol. The molecule has 0 spiro atoms. The first kappa shape index (κ1) is 14.3. The Morgan fingerprint density at radius 1 is 1.32 bits per heavy atom. The van der Waals surface area contributed by atoms with Gasteiger partial charge in [0.1, 0.15) is 0 Å². The van der Waals surface area contributed by atoms with Gasteiger partial charge in [0.15, 0.2) is 0 Å². The number of anilines is 1. The number of hydrogen-bond donors (Lipinski definition) is 2. The maximum Gasteiger partial charge on any atom is 0.0558 e. The van der Waals surface area contributed by atoms with Crippen molar-refractivity contribution < 1.29 is 5.11 Å². The van der Waals surface area contributed by atoms with Gasteiger partial charge in [0.2, 0.25) is 0 Å². The van der Waals surface area contributed by atoms with Gasteiger partial charge in [-0.1, -0.05) is 18.2 Å². The van der Waals surface area contributed by atoms with Gasteiger partial charge in [-0.05, 0) is 31.5 Å². The zero-order valence-electron chi connectivity index (χ0n) is 11.8. The van der Waals surface area contributed by atoms with Gasteiger partial charge in [-0.25, -0.2) is 0 Å². The van der Waals surface area contributed by atoms with Gasteiger partial charge in [-0.3, -0.25) is 4.90 Å².